The molecule has 1 heterocycles. The van der Waals surface area contributed by atoms with Crippen LogP contribution in [0.4, 0.5) is 0 Å². The van der Waals surface area contributed by atoms with E-state index in [1.807, 2.05) is 13.8 Å². The number of carbonyl (C=O) groups is 3. The third-order valence-electron chi connectivity index (χ3n) is 4.14. The molecular weight excluding hydrogens is 394 g/mol. The van der Waals surface area contributed by atoms with Gasteiger partial charge in [-0.05, 0) is 36.1 Å². The summed E-state index contributed by atoms with van der Waals surface area (Å²) in [6, 6.07) is 2.61. The van der Waals surface area contributed by atoms with E-state index in [1.165, 1.54) is 26.4 Å². The van der Waals surface area contributed by atoms with Crippen molar-refractivity contribution in [3.8, 4) is 17.2 Å². The summed E-state index contributed by atoms with van der Waals surface area (Å²) in [7, 11) is 2.76. The van der Waals surface area contributed by atoms with Gasteiger partial charge in [-0.1, -0.05) is 13.8 Å². The molecule has 0 unspecified atom stereocenters. The standard InChI is InChI=1S/C21H27NO8/c1-13(2)9-15(21(25)27-4)22-18(23)12-30-19(24)6-5-14-10-16(26-3)20-17(11-14)28-7-8-29-20/h5-6,10-11,13,15H,7-9,12H2,1-4H3,(H,22,23)/b6-5+/t15-/m1/s1. The summed E-state index contributed by atoms with van der Waals surface area (Å²) in [5.41, 5.74) is 0.639. The van der Waals surface area contributed by atoms with Crippen molar-refractivity contribution >= 4 is 23.9 Å². The van der Waals surface area contributed by atoms with Gasteiger partial charge >= 0.3 is 11.9 Å². The number of carbonyl (C=O) groups excluding carboxylic acids is 3. The van der Waals surface area contributed by atoms with Gasteiger partial charge in [-0.25, -0.2) is 9.59 Å². The maximum atomic E-state index is 12.0. The summed E-state index contributed by atoms with van der Waals surface area (Å²) in [4.78, 5) is 35.7. The van der Waals surface area contributed by atoms with Crippen LogP contribution in [0.25, 0.3) is 6.08 Å². The van der Waals surface area contributed by atoms with Gasteiger partial charge in [-0.15, -0.1) is 0 Å². The van der Waals surface area contributed by atoms with Crippen LogP contribution in [0.5, 0.6) is 17.2 Å². The molecule has 0 spiro atoms. The first-order chi connectivity index (χ1) is 14.3. The van der Waals surface area contributed by atoms with Crippen LogP contribution in [0.2, 0.25) is 0 Å². The average molecular weight is 421 g/mol. The number of rotatable bonds is 9. The summed E-state index contributed by atoms with van der Waals surface area (Å²) >= 11 is 0. The molecule has 1 aliphatic rings. The molecule has 0 fully saturated rings. The second kappa shape index (κ2) is 11.1. The molecule has 9 heteroatoms. The largest absolute Gasteiger partial charge is 0.493 e. The Labute approximate surface area is 175 Å². The highest BCUT2D eigenvalue weighted by Gasteiger charge is 2.23. The third kappa shape index (κ3) is 6.68. The lowest BCUT2D eigenvalue weighted by Crippen LogP contribution is -2.44. The summed E-state index contributed by atoms with van der Waals surface area (Å²) in [5.74, 6) is -0.155. The second-order valence-electron chi connectivity index (χ2n) is 6.96. The fraction of sp³-hybridized carbons (Fsp3) is 0.476. The molecule has 0 saturated heterocycles. The zero-order chi connectivity index (χ0) is 22.1. The summed E-state index contributed by atoms with van der Waals surface area (Å²) in [6.45, 7) is 4.17. The number of hydrogen-bond acceptors (Lipinski definition) is 8. The fourth-order valence-electron chi connectivity index (χ4n) is 2.80. The maximum absolute atomic E-state index is 12.0. The zero-order valence-electron chi connectivity index (χ0n) is 17.6. The van der Waals surface area contributed by atoms with Crippen LogP contribution < -0.4 is 19.5 Å². The molecule has 1 amide bonds. The molecule has 0 aromatic heterocycles. The predicted molar refractivity (Wildman–Crippen MR) is 107 cm³/mol. The summed E-state index contributed by atoms with van der Waals surface area (Å²) < 4.78 is 26.0. The number of fused-ring (bicyclic) bond motifs is 1. The Morgan fingerprint density at radius 3 is 2.57 bits per heavy atom. The Morgan fingerprint density at radius 1 is 1.17 bits per heavy atom. The van der Waals surface area contributed by atoms with Gasteiger partial charge in [0.15, 0.2) is 18.1 Å². The lowest BCUT2D eigenvalue weighted by Gasteiger charge is -2.20. The third-order valence-corrected chi connectivity index (χ3v) is 4.14. The van der Waals surface area contributed by atoms with Gasteiger partial charge in [-0.2, -0.15) is 0 Å². The van der Waals surface area contributed by atoms with Gasteiger partial charge in [0.1, 0.15) is 19.3 Å². The summed E-state index contributed by atoms with van der Waals surface area (Å²) in [6.07, 6.45) is 3.11. The number of ether oxygens (including phenoxy) is 5. The summed E-state index contributed by atoms with van der Waals surface area (Å²) in [5, 5.41) is 2.52. The van der Waals surface area contributed by atoms with Crippen LogP contribution in [0, 0.1) is 5.92 Å². The number of methoxy groups -OCH3 is 2. The van der Waals surface area contributed by atoms with Crippen molar-refractivity contribution in [3.63, 3.8) is 0 Å². The number of esters is 2. The highest BCUT2D eigenvalue weighted by molar-refractivity contribution is 5.90. The molecule has 0 aliphatic carbocycles. The SMILES string of the molecule is COC(=O)[C@@H](CC(C)C)NC(=O)COC(=O)/C=C/c1cc(OC)c2c(c1)OCCO2. The van der Waals surface area contributed by atoms with Crippen molar-refractivity contribution in [1.82, 2.24) is 5.32 Å². The van der Waals surface area contributed by atoms with Crippen LogP contribution in [0.3, 0.4) is 0 Å². The highest BCUT2D eigenvalue weighted by atomic mass is 16.6. The maximum Gasteiger partial charge on any atom is 0.331 e. The quantitative estimate of drug-likeness (QED) is 0.474. The van der Waals surface area contributed by atoms with Crippen molar-refractivity contribution in [2.75, 3.05) is 34.0 Å². The Morgan fingerprint density at radius 2 is 1.90 bits per heavy atom. The molecule has 0 bridgehead atoms. The molecule has 1 aromatic rings. The van der Waals surface area contributed by atoms with Crippen LogP contribution in [-0.4, -0.2) is 57.9 Å². The monoisotopic (exact) mass is 421 g/mol. The van der Waals surface area contributed by atoms with Crippen LogP contribution in [-0.2, 0) is 23.9 Å². The molecule has 1 aliphatic heterocycles. The van der Waals surface area contributed by atoms with Crippen LogP contribution in [0.15, 0.2) is 18.2 Å². The molecule has 1 aromatic carbocycles. The molecule has 1 atom stereocenters. The minimum Gasteiger partial charge on any atom is -0.493 e. The Hall–Kier alpha value is -3.23. The van der Waals surface area contributed by atoms with Crippen LogP contribution >= 0.6 is 0 Å². The zero-order valence-corrected chi connectivity index (χ0v) is 17.6. The first kappa shape index (κ1) is 23.1. The number of amides is 1. The van der Waals surface area contributed by atoms with E-state index in [4.69, 9.17) is 18.9 Å². The Balaban J connectivity index is 1.91. The smallest absolute Gasteiger partial charge is 0.331 e. The molecule has 164 valence electrons. The van der Waals surface area contributed by atoms with Crippen molar-refractivity contribution in [3.05, 3.63) is 23.8 Å². The van der Waals surface area contributed by atoms with Gasteiger partial charge in [0.2, 0.25) is 5.75 Å². The minimum atomic E-state index is -0.790. The molecule has 9 nitrogen and oxygen atoms in total. The van der Waals surface area contributed by atoms with E-state index in [9.17, 15) is 14.4 Å². The first-order valence-electron chi connectivity index (χ1n) is 9.53. The van der Waals surface area contributed by atoms with E-state index >= 15 is 0 Å². The topological polar surface area (TPSA) is 109 Å². The van der Waals surface area contributed by atoms with Gasteiger partial charge in [0, 0.05) is 6.08 Å². The number of benzene rings is 1. The fourth-order valence-corrected chi connectivity index (χ4v) is 2.80. The predicted octanol–water partition coefficient (Wildman–Crippen LogP) is 1.73. The lowest BCUT2D eigenvalue weighted by molar-refractivity contribution is -0.148. The normalized spacial score (nSPS) is 13.6. The number of hydrogen-bond donors (Lipinski definition) is 1. The van der Waals surface area contributed by atoms with E-state index in [1.54, 1.807) is 12.1 Å². The van der Waals surface area contributed by atoms with E-state index in [0.29, 0.717) is 42.4 Å². The van der Waals surface area contributed by atoms with Gasteiger partial charge in [-0.3, -0.25) is 4.79 Å². The van der Waals surface area contributed by atoms with Crippen molar-refractivity contribution in [1.29, 1.82) is 0 Å². The molecule has 30 heavy (non-hydrogen) atoms. The van der Waals surface area contributed by atoms with Crippen molar-refractivity contribution < 1.29 is 38.1 Å². The molecular formula is C21H27NO8. The Bertz CT molecular complexity index is 785. The molecule has 0 radical (unpaired) electrons. The van der Waals surface area contributed by atoms with E-state index in [-0.39, 0.29) is 5.92 Å². The van der Waals surface area contributed by atoms with E-state index in [0.717, 1.165) is 0 Å². The van der Waals surface area contributed by atoms with E-state index < -0.39 is 30.5 Å². The van der Waals surface area contributed by atoms with E-state index in [2.05, 4.69) is 10.1 Å². The van der Waals surface area contributed by atoms with Gasteiger partial charge < -0.3 is 29.0 Å². The lowest BCUT2D eigenvalue weighted by atomic mass is 10.0. The van der Waals surface area contributed by atoms with Crippen LogP contribution in [0.1, 0.15) is 25.8 Å². The average Bonchev–Trinajstić information content (AvgIpc) is 2.74. The number of nitrogens with one attached hydrogen (secondary N) is 1. The molecule has 0 saturated carbocycles. The molecule has 1 N–H and O–H groups in total. The van der Waals surface area contributed by atoms with Gasteiger partial charge in [0.25, 0.3) is 5.91 Å². The second-order valence-corrected chi connectivity index (χ2v) is 6.96. The van der Waals surface area contributed by atoms with Crippen molar-refractivity contribution in [2.45, 2.75) is 26.3 Å². The highest BCUT2D eigenvalue weighted by Crippen LogP contribution is 2.40. The Kier molecular flexibility index (Phi) is 8.52. The molecule has 2 rings (SSSR count). The van der Waals surface area contributed by atoms with Gasteiger partial charge in [0.05, 0.1) is 14.2 Å². The minimum absolute atomic E-state index is 0.169. The first-order valence-corrected chi connectivity index (χ1v) is 9.53. The van der Waals surface area contributed by atoms with Crippen molar-refractivity contribution in [2.24, 2.45) is 5.92 Å².